The first-order valence-electron chi connectivity index (χ1n) is 5.13. The Kier molecular flexibility index (Phi) is 1.98. The van der Waals surface area contributed by atoms with Gasteiger partial charge in [0.05, 0.1) is 23.8 Å². The Morgan fingerprint density at radius 2 is 2.06 bits per heavy atom. The zero-order valence-corrected chi connectivity index (χ0v) is 8.91. The third-order valence-electron chi connectivity index (χ3n) is 2.50. The van der Waals surface area contributed by atoms with E-state index in [2.05, 4.69) is 10.1 Å². The van der Waals surface area contributed by atoms with Crippen LogP contribution in [0.2, 0.25) is 0 Å². The summed E-state index contributed by atoms with van der Waals surface area (Å²) >= 11 is 0. The molecule has 0 spiro atoms. The SMILES string of the molecule is Nc1cnc2c(cnn2-c2cccc(O)c2)c1. The number of phenolic OH excluding ortho intramolecular Hbond substituents is 1. The molecule has 84 valence electrons. The second kappa shape index (κ2) is 3.48. The number of pyridine rings is 1. The molecule has 3 aromatic rings. The maximum atomic E-state index is 9.45. The van der Waals surface area contributed by atoms with E-state index in [1.165, 1.54) is 0 Å². The van der Waals surface area contributed by atoms with Gasteiger partial charge >= 0.3 is 0 Å². The van der Waals surface area contributed by atoms with Crippen molar-refractivity contribution in [3.63, 3.8) is 0 Å². The van der Waals surface area contributed by atoms with Crippen molar-refractivity contribution in [3.8, 4) is 11.4 Å². The average Bonchev–Trinajstić information content (AvgIpc) is 2.71. The molecule has 2 heterocycles. The smallest absolute Gasteiger partial charge is 0.163 e. The Hall–Kier alpha value is -2.56. The van der Waals surface area contributed by atoms with Crippen molar-refractivity contribution in [1.29, 1.82) is 0 Å². The fourth-order valence-corrected chi connectivity index (χ4v) is 1.75. The molecule has 0 aliphatic rings. The Morgan fingerprint density at radius 3 is 2.88 bits per heavy atom. The van der Waals surface area contributed by atoms with E-state index < -0.39 is 0 Å². The number of phenols is 1. The summed E-state index contributed by atoms with van der Waals surface area (Å²) < 4.78 is 1.66. The summed E-state index contributed by atoms with van der Waals surface area (Å²) in [5, 5.41) is 14.6. The molecule has 0 unspecified atom stereocenters. The standard InChI is InChI=1S/C12H10N4O/c13-9-4-8-6-15-16(12(8)14-7-9)10-2-1-3-11(17)5-10/h1-7,17H,13H2. The van der Waals surface area contributed by atoms with Crippen LogP contribution in [0.5, 0.6) is 5.75 Å². The van der Waals surface area contributed by atoms with Crippen molar-refractivity contribution in [2.45, 2.75) is 0 Å². The molecular formula is C12H10N4O. The summed E-state index contributed by atoms with van der Waals surface area (Å²) in [4.78, 5) is 4.24. The first-order valence-corrected chi connectivity index (χ1v) is 5.13. The zero-order valence-electron chi connectivity index (χ0n) is 8.91. The normalized spacial score (nSPS) is 10.8. The molecule has 17 heavy (non-hydrogen) atoms. The van der Waals surface area contributed by atoms with Gasteiger partial charge in [-0.05, 0) is 18.2 Å². The van der Waals surface area contributed by atoms with Gasteiger partial charge in [0.25, 0.3) is 0 Å². The molecule has 0 amide bonds. The van der Waals surface area contributed by atoms with Gasteiger partial charge in [0.1, 0.15) is 5.75 Å². The molecule has 0 radical (unpaired) electrons. The predicted octanol–water partition coefficient (Wildman–Crippen LogP) is 1.71. The number of hydrogen-bond donors (Lipinski definition) is 2. The van der Waals surface area contributed by atoms with Crippen LogP contribution >= 0.6 is 0 Å². The van der Waals surface area contributed by atoms with Crippen LogP contribution in [0.4, 0.5) is 5.69 Å². The minimum absolute atomic E-state index is 0.196. The van der Waals surface area contributed by atoms with Crippen LogP contribution in [0.25, 0.3) is 16.7 Å². The fourth-order valence-electron chi connectivity index (χ4n) is 1.75. The summed E-state index contributed by atoms with van der Waals surface area (Å²) in [7, 11) is 0. The van der Waals surface area contributed by atoms with E-state index in [1.54, 1.807) is 35.3 Å². The highest BCUT2D eigenvalue weighted by molar-refractivity contribution is 5.79. The van der Waals surface area contributed by atoms with Gasteiger partial charge in [-0.15, -0.1) is 0 Å². The van der Waals surface area contributed by atoms with E-state index >= 15 is 0 Å². The van der Waals surface area contributed by atoms with E-state index in [4.69, 9.17) is 5.73 Å². The number of nitrogen functional groups attached to an aromatic ring is 1. The van der Waals surface area contributed by atoms with Gasteiger partial charge in [0.2, 0.25) is 0 Å². The predicted molar refractivity (Wildman–Crippen MR) is 64.9 cm³/mol. The van der Waals surface area contributed by atoms with Crippen molar-refractivity contribution in [2.24, 2.45) is 0 Å². The third-order valence-corrected chi connectivity index (χ3v) is 2.50. The molecule has 0 aliphatic carbocycles. The van der Waals surface area contributed by atoms with Crippen molar-refractivity contribution in [1.82, 2.24) is 14.8 Å². The van der Waals surface area contributed by atoms with Gasteiger partial charge in [-0.1, -0.05) is 6.07 Å². The largest absolute Gasteiger partial charge is 0.508 e. The summed E-state index contributed by atoms with van der Waals surface area (Å²) in [5.74, 6) is 0.196. The van der Waals surface area contributed by atoms with Gasteiger partial charge < -0.3 is 10.8 Å². The Labute approximate surface area is 97.1 Å². The van der Waals surface area contributed by atoms with E-state index in [-0.39, 0.29) is 5.75 Å². The van der Waals surface area contributed by atoms with Gasteiger partial charge in [-0.3, -0.25) is 0 Å². The van der Waals surface area contributed by atoms with Crippen molar-refractivity contribution in [3.05, 3.63) is 42.7 Å². The van der Waals surface area contributed by atoms with Crippen molar-refractivity contribution >= 4 is 16.7 Å². The quantitative estimate of drug-likeness (QED) is 0.662. The monoisotopic (exact) mass is 226 g/mol. The van der Waals surface area contributed by atoms with E-state index in [0.717, 1.165) is 11.1 Å². The number of fused-ring (bicyclic) bond motifs is 1. The van der Waals surface area contributed by atoms with Gasteiger partial charge in [-0.2, -0.15) is 5.10 Å². The topological polar surface area (TPSA) is 77.0 Å². The van der Waals surface area contributed by atoms with Crippen molar-refractivity contribution < 1.29 is 5.11 Å². The summed E-state index contributed by atoms with van der Waals surface area (Å²) in [6.07, 6.45) is 3.28. The molecule has 0 saturated carbocycles. The van der Waals surface area contributed by atoms with Crippen LogP contribution < -0.4 is 5.73 Å². The lowest BCUT2D eigenvalue weighted by Gasteiger charge is -2.03. The van der Waals surface area contributed by atoms with Crippen LogP contribution in [0.15, 0.2) is 42.7 Å². The molecule has 0 aliphatic heterocycles. The maximum absolute atomic E-state index is 9.45. The Morgan fingerprint density at radius 1 is 1.18 bits per heavy atom. The van der Waals surface area contributed by atoms with E-state index in [9.17, 15) is 5.11 Å². The molecule has 0 bridgehead atoms. The molecule has 2 aromatic heterocycles. The van der Waals surface area contributed by atoms with Gasteiger partial charge in [-0.25, -0.2) is 9.67 Å². The van der Waals surface area contributed by atoms with Crippen LogP contribution in [0.3, 0.4) is 0 Å². The molecule has 3 rings (SSSR count). The highest BCUT2D eigenvalue weighted by atomic mass is 16.3. The first-order chi connectivity index (χ1) is 8.24. The van der Waals surface area contributed by atoms with Crippen LogP contribution in [0, 0.1) is 0 Å². The second-order valence-corrected chi connectivity index (χ2v) is 3.76. The van der Waals surface area contributed by atoms with E-state index in [0.29, 0.717) is 11.3 Å². The minimum Gasteiger partial charge on any atom is -0.508 e. The molecular weight excluding hydrogens is 216 g/mol. The third kappa shape index (κ3) is 1.57. The minimum atomic E-state index is 0.196. The summed E-state index contributed by atoms with van der Waals surface area (Å²) in [5.41, 5.74) is 7.74. The molecule has 0 saturated heterocycles. The number of aromatic nitrogens is 3. The van der Waals surface area contributed by atoms with Gasteiger partial charge in [0, 0.05) is 11.5 Å². The fraction of sp³-hybridized carbons (Fsp3) is 0. The molecule has 0 fully saturated rings. The highest BCUT2D eigenvalue weighted by Gasteiger charge is 2.06. The number of benzene rings is 1. The van der Waals surface area contributed by atoms with Crippen LogP contribution in [0.1, 0.15) is 0 Å². The number of hydrogen-bond acceptors (Lipinski definition) is 4. The van der Waals surface area contributed by atoms with Crippen LogP contribution in [-0.4, -0.2) is 19.9 Å². The maximum Gasteiger partial charge on any atom is 0.163 e. The number of nitrogens with zero attached hydrogens (tertiary/aromatic N) is 3. The Bertz CT molecular complexity index is 690. The lowest BCUT2D eigenvalue weighted by molar-refractivity contribution is 0.475. The van der Waals surface area contributed by atoms with Crippen molar-refractivity contribution in [2.75, 3.05) is 5.73 Å². The summed E-state index contributed by atoms with van der Waals surface area (Å²) in [6.45, 7) is 0. The van der Waals surface area contributed by atoms with Crippen LogP contribution in [-0.2, 0) is 0 Å². The highest BCUT2D eigenvalue weighted by Crippen LogP contribution is 2.20. The second-order valence-electron chi connectivity index (χ2n) is 3.76. The average molecular weight is 226 g/mol. The number of nitrogens with two attached hydrogens (primary N) is 1. The molecule has 1 aromatic carbocycles. The number of anilines is 1. The molecule has 0 atom stereocenters. The van der Waals surface area contributed by atoms with E-state index in [1.807, 2.05) is 12.1 Å². The summed E-state index contributed by atoms with van der Waals surface area (Å²) in [6, 6.07) is 8.67. The first kappa shape index (κ1) is 9.65. The zero-order chi connectivity index (χ0) is 11.8. The Balaban J connectivity index is 2.24. The molecule has 5 nitrogen and oxygen atoms in total. The lowest BCUT2D eigenvalue weighted by atomic mass is 10.3. The number of rotatable bonds is 1. The number of aromatic hydroxyl groups is 1. The van der Waals surface area contributed by atoms with Gasteiger partial charge in [0.15, 0.2) is 5.65 Å². The lowest BCUT2D eigenvalue weighted by Crippen LogP contribution is -1.97. The molecule has 3 N–H and O–H groups in total. The molecule has 5 heteroatoms.